The molecule has 0 aliphatic carbocycles. The molecule has 0 radical (unpaired) electrons. The van der Waals surface area contributed by atoms with Crippen LogP contribution in [0.2, 0.25) is 0 Å². The zero-order chi connectivity index (χ0) is 18.6. The number of hydrogen-bond acceptors (Lipinski definition) is 7. The smallest absolute Gasteiger partial charge is 0.260 e. The lowest BCUT2D eigenvalue weighted by atomic mass is 10.1. The second-order valence-electron chi connectivity index (χ2n) is 6.56. The van der Waals surface area contributed by atoms with E-state index in [2.05, 4.69) is 32.7 Å². The Bertz CT molecular complexity index is 893. The summed E-state index contributed by atoms with van der Waals surface area (Å²) in [6.07, 6.45) is 0. The van der Waals surface area contributed by atoms with Crippen LogP contribution in [0.25, 0.3) is 11.5 Å². The number of rotatable bonds is 5. The van der Waals surface area contributed by atoms with E-state index in [0.29, 0.717) is 11.7 Å². The Morgan fingerprint density at radius 2 is 2.00 bits per heavy atom. The maximum absolute atomic E-state index is 5.59. The summed E-state index contributed by atoms with van der Waals surface area (Å²) in [7, 11) is 3.74. The van der Waals surface area contributed by atoms with E-state index in [9.17, 15) is 0 Å². The van der Waals surface area contributed by atoms with Crippen LogP contribution in [-0.4, -0.2) is 48.8 Å². The third kappa shape index (κ3) is 3.79. The Kier molecular flexibility index (Phi) is 5.04. The molecule has 2 heterocycles. The van der Waals surface area contributed by atoms with Gasteiger partial charge in [0.25, 0.3) is 5.89 Å². The van der Waals surface area contributed by atoms with Gasteiger partial charge in [-0.25, -0.2) is 0 Å². The molecule has 0 bridgehead atoms. The average Bonchev–Trinajstić information content (AvgIpc) is 3.19. The number of ether oxygens (including phenoxy) is 1. The SMILES string of the molecule is COc1ccc(Nc2ccccc2-c2nc(C3CNCCN3C)no2)cc1. The number of hydrogen-bond donors (Lipinski definition) is 2. The first-order valence-corrected chi connectivity index (χ1v) is 8.99. The molecule has 1 atom stereocenters. The first-order chi connectivity index (χ1) is 13.2. The molecule has 1 aromatic heterocycles. The van der Waals surface area contributed by atoms with E-state index in [4.69, 9.17) is 9.26 Å². The van der Waals surface area contributed by atoms with Gasteiger partial charge in [0.2, 0.25) is 0 Å². The fraction of sp³-hybridized carbons (Fsp3) is 0.300. The largest absolute Gasteiger partial charge is 0.497 e. The second-order valence-corrected chi connectivity index (χ2v) is 6.56. The van der Waals surface area contributed by atoms with Gasteiger partial charge in [-0.1, -0.05) is 17.3 Å². The van der Waals surface area contributed by atoms with Crippen molar-refractivity contribution in [2.24, 2.45) is 0 Å². The summed E-state index contributed by atoms with van der Waals surface area (Å²) in [5, 5.41) is 11.0. The minimum atomic E-state index is 0.123. The van der Waals surface area contributed by atoms with Crippen molar-refractivity contribution in [3.63, 3.8) is 0 Å². The van der Waals surface area contributed by atoms with Crippen molar-refractivity contribution in [2.75, 3.05) is 39.1 Å². The van der Waals surface area contributed by atoms with E-state index < -0.39 is 0 Å². The highest BCUT2D eigenvalue weighted by Crippen LogP contribution is 2.31. The summed E-state index contributed by atoms with van der Waals surface area (Å²) >= 11 is 0. The van der Waals surface area contributed by atoms with Gasteiger partial charge in [-0.05, 0) is 43.4 Å². The molecular formula is C20H23N5O2. The Labute approximate surface area is 158 Å². The van der Waals surface area contributed by atoms with Gasteiger partial charge in [0.1, 0.15) is 5.75 Å². The highest BCUT2D eigenvalue weighted by atomic mass is 16.5. The first kappa shape index (κ1) is 17.5. The standard InChI is InChI=1S/C20H23N5O2/c1-25-12-11-21-13-18(25)19-23-20(27-24-19)16-5-3-4-6-17(16)22-14-7-9-15(26-2)10-8-14/h3-10,18,21-22H,11-13H2,1-2H3. The van der Waals surface area contributed by atoms with Gasteiger partial charge in [-0.3, -0.25) is 4.90 Å². The molecule has 1 saturated heterocycles. The van der Waals surface area contributed by atoms with Crippen LogP contribution >= 0.6 is 0 Å². The lowest BCUT2D eigenvalue weighted by molar-refractivity contribution is 0.190. The third-order valence-corrected chi connectivity index (χ3v) is 4.78. The molecule has 27 heavy (non-hydrogen) atoms. The summed E-state index contributed by atoms with van der Waals surface area (Å²) < 4.78 is 10.8. The molecule has 4 rings (SSSR count). The number of methoxy groups -OCH3 is 1. The molecule has 2 aromatic carbocycles. The average molecular weight is 365 g/mol. The van der Waals surface area contributed by atoms with Crippen molar-refractivity contribution in [3.05, 3.63) is 54.4 Å². The summed E-state index contributed by atoms with van der Waals surface area (Å²) in [6.45, 7) is 2.76. The van der Waals surface area contributed by atoms with Gasteiger partial charge in [-0.2, -0.15) is 4.98 Å². The number of nitrogens with zero attached hydrogens (tertiary/aromatic N) is 3. The van der Waals surface area contributed by atoms with E-state index in [1.165, 1.54) is 0 Å². The Hall–Kier alpha value is -2.90. The highest BCUT2D eigenvalue weighted by molar-refractivity contribution is 5.76. The predicted octanol–water partition coefficient (Wildman–Crippen LogP) is 3.06. The molecule has 7 heteroatoms. The van der Waals surface area contributed by atoms with Crippen molar-refractivity contribution in [2.45, 2.75) is 6.04 Å². The topological polar surface area (TPSA) is 75.5 Å². The Morgan fingerprint density at radius 1 is 1.19 bits per heavy atom. The number of para-hydroxylation sites is 1. The van der Waals surface area contributed by atoms with Crippen molar-refractivity contribution < 1.29 is 9.26 Å². The van der Waals surface area contributed by atoms with Crippen LogP contribution in [0.4, 0.5) is 11.4 Å². The monoisotopic (exact) mass is 365 g/mol. The fourth-order valence-corrected chi connectivity index (χ4v) is 3.18. The molecule has 0 saturated carbocycles. The first-order valence-electron chi connectivity index (χ1n) is 8.99. The molecule has 1 unspecified atom stereocenters. The number of aromatic nitrogens is 2. The molecule has 2 N–H and O–H groups in total. The minimum absolute atomic E-state index is 0.123. The van der Waals surface area contributed by atoms with Crippen LogP contribution in [0, 0.1) is 0 Å². The molecule has 1 aliphatic heterocycles. The van der Waals surface area contributed by atoms with Gasteiger partial charge in [0, 0.05) is 25.3 Å². The Morgan fingerprint density at radius 3 is 2.78 bits per heavy atom. The molecule has 1 aliphatic rings. The molecular weight excluding hydrogens is 342 g/mol. The number of benzene rings is 2. The van der Waals surface area contributed by atoms with Gasteiger partial charge in [0.15, 0.2) is 5.82 Å². The summed E-state index contributed by atoms with van der Waals surface area (Å²) in [6, 6.07) is 15.8. The quantitative estimate of drug-likeness (QED) is 0.720. The summed E-state index contributed by atoms with van der Waals surface area (Å²) in [5.41, 5.74) is 2.74. The predicted molar refractivity (Wildman–Crippen MR) is 104 cm³/mol. The molecule has 7 nitrogen and oxygen atoms in total. The molecule has 0 amide bonds. The van der Waals surface area contributed by atoms with E-state index in [-0.39, 0.29) is 6.04 Å². The van der Waals surface area contributed by atoms with Gasteiger partial charge in [-0.15, -0.1) is 0 Å². The minimum Gasteiger partial charge on any atom is -0.497 e. The number of anilines is 2. The lowest BCUT2D eigenvalue weighted by Crippen LogP contribution is -2.44. The molecule has 3 aromatic rings. The zero-order valence-electron chi connectivity index (χ0n) is 15.5. The Balaban J connectivity index is 1.59. The van der Waals surface area contributed by atoms with Crippen LogP contribution < -0.4 is 15.4 Å². The molecule has 1 fully saturated rings. The van der Waals surface area contributed by atoms with Crippen molar-refractivity contribution in [1.82, 2.24) is 20.4 Å². The fourth-order valence-electron chi connectivity index (χ4n) is 3.18. The van der Waals surface area contributed by atoms with Crippen molar-refractivity contribution >= 4 is 11.4 Å². The lowest BCUT2D eigenvalue weighted by Gasteiger charge is -2.30. The van der Waals surface area contributed by atoms with Crippen LogP contribution in [0.15, 0.2) is 53.1 Å². The van der Waals surface area contributed by atoms with Crippen molar-refractivity contribution in [1.29, 1.82) is 0 Å². The number of nitrogens with one attached hydrogen (secondary N) is 2. The van der Waals surface area contributed by atoms with Crippen LogP contribution in [-0.2, 0) is 0 Å². The van der Waals surface area contributed by atoms with Crippen molar-refractivity contribution in [3.8, 4) is 17.2 Å². The van der Waals surface area contributed by atoms with Gasteiger partial charge in [0.05, 0.1) is 24.4 Å². The maximum atomic E-state index is 5.59. The second kappa shape index (κ2) is 7.77. The normalized spacial score (nSPS) is 17.6. The maximum Gasteiger partial charge on any atom is 0.260 e. The van der Waals surface area contributed by atoms with Crippen LogP contribution in [0.1, 0.15) is 11.9 Å². The summed E-state index contributed by atoms with van der Waals surface area (Å²) in [4.78, 5) is 6.91. The molecule has 0 spiro atoms. The van der Waals surface area contributed by atoms with Crippen LogP contribution in [0.3, 0.4) is 0 Å². The van der Waals surface area contributed by atoms with Gasteiger partial charge >= 0.3 is 0 Å². The number of likely N-dealkylation sites (N-methyl/N-ethyl adjacent to an activating group) is 1. The van der Waals surface area contributed by atoms with Crippen LogP contribution in [0.5, 0.6) is 5.75 Å². The van der Waals surface area contributed by atoms with E-state index in [0.717, 1.165) is 42.3 Å². The van der Waals surface area contributed by atoms with Gasteiger partial charge < -0.3 is 19.9 Å². The number of piperazine rings is 1. The molecule has 140 valence electrons. The summed E-state index contributed by atoms with van der Waals surface area (Å²) in [5.74, 6) is 2.04. The third-order valence-electron chi connectivity index (χ3n) is 4.78. The highest BCUT2D eigenvalue weighted by Gasteiger charge is 2.26. The van der Waals surface area contributed by atoms with E-state index >= 15 is 0 Å². The van der Waals surface area contributed by atoms with E-state index in [1.807, 2.05) is 48.5 Å². The van der Waals surface area contributed by atoms with E-state index in [1.54, 1.807) is 7.11 Å². The zero-order valence-corrected chi connectivity index (χ0v) is 15.5.